The van der Waals surface area contributed by atoms with Crippen LogP contribution in [0.2, 0.25) is 0 Å². The first-order chi connectivity index (χ1) is 15.4. The van der Waals surface area contributed by atoms with Crippen molar-refractivity contribution >= 4 is 5.71 Å². The van der Waals surface area contributed by atoms with Gasteiger partial charge < -0.3 is 9.40 Å². The second kappa shape index (κ2) is 9.18. The van der Waals surface area contributed by atoms with E-state index in [9.17, 15) is 8.78 Å². The number of nitrogens with zero attached hydrogens (tertiary/aromatic N) is 2. The highest BCUT2D eigenvalue weighted by Crippen LogP contribution is 2.30. The van der Waals surface area contributed by atoms with E-state index in [1.165, 1.54) is 18.2 Å². The fraction of sp³-hybridized carbons (Fsp3) is 0.148. The van der Waals surface area contributed by atoms with Crippen LogP contribution in [0.5, 0.6) is 0 Å². The number of hydrogen-bond acceptors (Lipinski definition) is 2. The van der Waals surface area contributed by atoms with Crippen LogP contribution in [0.25, 0.3) is 16.9 Å². The fourth-order valence-electron chi connectivity index (χ4n) is 3.77. The summed E-state index contributed by atoms with van der Waals surface area (Å²) in [5.74, 6) is -0.598. The molecule has 5 heteroatoms. The van der Waals surface area contributed by atoms with Crippen LogP contribution in [-0.4, -0.2) is 10.3 Å². The Kier molecular flexibility index (Phi) is 6.17. The van der Waals surface area contributed by atoms with Crippen molar-refractivity contribution in [1.29, 1.82) is 0 Å². The van der Waals surface area contributed by atoms with Gasteiger partial charge in [-0.3, -0.25) is 0 Å². The lowest BCUT2D eigenvalue weighted by atomic mass is 10.1. The summed E-state index contributed by atoms with van der Waals surface area (Å²) in [6.07, 6.45) is 0. The number of hydrogen-bond donors (Lipinski definition) is 0. The summed E-state index contributed by atoms with van der Waals surface area (Å²) in [6, 6.07) is 23.1. The smallest absolute Gasteiger partial charge is 0.145 e. The van der Waals surface area contributed by atoms with Crippen molar-refractivity contribution in [1.82, 2.24) is 4.57 Å². The molecule has 1 aromatic heterocycles. The van der Waals surface area contributed by atoms with Gasteiger partial charge in [0.1, 0.15) is 18.2 Å². The van der Waals surface area contributed by atoms with Crippen LogP contribution >= 0.6 is 0 Å². The molecule has 3 aromatic carbocycles. The lowest BCUT2D eigenvalue weighted by molar-refractivity contribution is 0.128. The summed E-state index contributed by atoms with van der Waals surface area (Å²) in [5.41, 5.74) is 6.96. The molecule has 0 aliphatic carbocycles. The molecule has 4 rings (SSSR count). The third kappa shape index (κ3) is 4.47. The van der Waals surface area contributed by atoms with Crippen molar-refractivity contribution in [2.24, 2.45) is 5.16 Å². The first-order valence-corrected chi connectivity index (χ1v) is 10.4. The van der Waals surface area contributed by atoms with Crippen molar-refractivity contribution in [2.75, 3.05) is 0 Å². The highest BCUT2D eigenvalue weighted by molar-refractivity contribution is 6.01. The number of rotatable bonds is 6. The molecule has 0 aliphatic rings. The van der Waals surface area contributed by atoms with E-state index in [1.54, 1.807) is 30.3 Å². The molecule has 0 fully saturated rings. The summed E-state index contributed by atoms with van der Waals surface area (Å²) in [4.78, 5) is 5.46. The normalized spacial score (nSPS) is 11.6. The van der Waals surface area contributed by atoms with Crippen LogP contribution in [-0.2, 0) is 11.4 Å². The molecular formula is C27H24F2N2O. The molecule has 0 spiro atoms. The molecule has 162 valence electrons. The molecule has 0 aliphatic heterocycles. The van der Waals surface area contributed by atoms with Crippen molar-refractivity contribution in [3.63, 3.8) is 0 Å². The highest BCUT2D eigenvalue weighted by Gasteiger charge is 2.17. The van der Waals surface area contributed by atoms with Gasteiger partial charge in [0.2, 0.25) is 0 Å². The topological polar surface area (TPSA) is 26.5 Å². The van der Waals surface area contributed by atoms with Gasteiger partial charge >= 0.3 is 0 Å². The number of benzene rings is 3. The van der Waals surface area contributed by atoms with Crippen LogP contribution in [0.4, 0.5) is 8.78 Å². The van der Waals surface area contributed by atoms with Gasteiger partial charge in [-0.25, -0.2) is 8.78 Å². The molecule has 0 saturated heterocycles. The van der Waals surface area contributed by atoms with Crippen LogP contribution in [0.1, 0.15) is 29.3 Å². The predicted octanol–water partition coefficient (Wildman–Crippen LogP) is 6.98. The lowest BCUT2D eigenvalue weighted by Gasteiger charge is -2.13. The van der Waals surface area contributed by atoms with Gasteiger partial charge in [0.05, 0.1) is 11.4 Å². The fourth-order valence-corrected chi connectivity index (χ4v) is 3.77. The first kappa shape index (κ1) is 21.5. The number of oxime groups is 1. The Bertz CT molecular complexity index is 1270. The van der Waals surface area contributed by atoms with E-state index in [0.717, 1.165) is 33.8 Å². The Balaban J connectivity index is 1.73. The maximum atomic E-state index is 13.8. The largest absolute Gasteiger partial charge is 0.391 e. The molecule has 1 heterocycles. The van der Waals surface area contributed by atoms with E-state index in [0.29, 0.717) is 11.3 Å². The van der Waals surface area contributed by atoms with E-state index in [1.807, 2.05) is 45.0 Å². The quantitative estimate of drug-likeness (QED) is 0.239. The monoisotopic (exact) mass is 430 g/mol. The van der Waals surface area contributed by atoms with Crippen LogP contribution < -0.4 is 0 Å². The molecule has 0 unspecified atom stereocenters. The number of halogens is 2. The Hall–Kier alpha value is -3.73. The van der Waals surface area contributed by atoms with Crippen molar-refractivity contribution in [3.8, 4) is 16.9 Å². The molecule has 0 bridgehead atoms. The SMILES string of the molecule is CC(=NOCc1ccccc1F)c1cc(-c2ccc(F)cc2)n(-c2cccc(C)c2)c1C. The molecule has 32 heavy (non-hydrogen) atoms. The maximum absolute atomic E-state index is 13.8. The van der Waals surface area contributed by atoms with Crippen LogP contribution in [0.15, 0.2) is 84.0 Å². The maximum Gasteiger partial charge on any atom is 0.145 e. The summed E-state index contributed by atoms with van der Waals surface area (Å²) in [6.45, 7) is 5.97. The summed E-state index contributed by atoms with van der Waals surface area (Å²) in [7, 11) is 0. The van der Waals surface area contributed by atoms with Crippen molar-refractivity contribution in [2.45, 2.75) is 27.4 Å². The van der Waals surface area contributed by atoms with Gasteiger partial charge in [0.25, 0.3) is 0 Å². The van der Waals surface area contributed by atoms with Crippen LogP contribution in [0.3, 0.4) is 0 Å². The van der Waals surface area contributed by atoms with Gasteiger partial charge in [-0.05, 0) is 80.4 Å². The average molecular weight is 430 g/mol. The molecule has 0 saturated carbocycles. The zero-order chi connectivity index (χ0) is 22.7. The van der Waals surface area contributed by atoms with Gasteiger partial charge in [-0.1, -0.05) is 35.5 Å². The summed E-state index contributed by atoms with van der Waals surface area (Å²) < 4.78 is 29.5. The standard InChI is InChI=1S/C27H24F2N2O/c1-18-7-6-9-24(15-18)31-20(3)25(16-27(31)21-11-13-23(28)14-12-21)19(2)30-32-17-22-8-4-5-10-26(22)29/h4-16H,17H2,1-3H3. The van der Waals surface area contributed by atoms with E-state index in [2.05, 4.69) is 15.8 Å². The second-order valence-electron chi connectivity index (χ2n) is 7.75. The number of aryl methyl sites for hydroxylation is 1. The average Bonchev–Trinajstić information content (AvgIpc) is 3.12. The first-order valence-electron chi connectivity index (χ1n) is 10.4. The van der Waals surface area contributed by atoms with E-state index in [4.69, 9.17) is 4.84 Å². The number of aromatic nitrogens is 1. The Morgan fingerprint density at radius 3 is 2.38 bits per heavy atom. The minimum Gasteiger partial charge on any atom is -0.391 e. The molecule has 0 radical (unpaired) electrons. The summed E-state index contributed by atoms with van der Waals surface area (Å²) in [5, 5.41) is 4.24. The molecule has 0 atom stereocenters. The Morgan fingerprint density at radius 1 is 0.906 bits per heavy atom. The molecular weight excluding hydrogens is 406 g/mol. The Morgan fingerprint density at radius 2 is 1.66 bits per heavy atom. The minimum absolute atomic E-state index is 0.0481. The van der Waals surface area contributed by atoms with Gasteiger partial charge in [-0.15, -0.1) is 0 Å². The predicted molar refractivity (Wildman–Crippen MR) is 124 cm³/mol. The van der Waals surface area contributed by atoms with E-state index >= 15 is 0 Å². The Labute approximate surface area is 186 Å². The molecule has 3 nitrogen and oxygen atoms in total. The zero-order valence-electron chi connectivity index (χ0n) is 18.3. The van der Waals surface area contributed by atoms with Crippen molar-refractivity contribution in [3.05, 3.63) is 113 Å². The van der Waals surface area contributed by atoms with Gasteiger partial charge in [-0.2, -0.15) is 0 Å². The summed E-state index contributed by atoms with van der Waals surface area (Å²) >= 11 is 0. The third-order valence-electron chi connectivity index (χ3n) is 5.42. The second-order valence-corrected chi connectivity index (χ2v) is 7.75. The lowest BCUT2D eigenvalue weighted by Crippen LogP contribution is -2.03. The van der Waals surface area contributed by atoms with Crippen LogP contribution in [0, 0.1) is 25.5 Å². The highest BCUT2D eigenvalue weighted by atomic mass is 19.1. The minimum atomic E-state index is -0.319. The molecule has 0 amide bonds. The molecule has 4 aromatic rings. The zero-order valence-corrected chi connectivity index (χ0v) is 18.3. The van der Waals surface area contributed by atoms with Gasteiger partial charge in [0, 0.05) is 22.5 Å². The van der Waals surface area contributed by atoms with Crippen molar-refractivity contribution < 1.29 is 13.6 Å². The van der Waals surface area contributed by atoms with E-state index < -0.39 is 0 Å². The third-order valence-corrected chi connectivity index (χ3v) is 5.42. The van der Waals surface area contributed by atoms with Gasteiger partial charge in [0.15, 0.2) is 0 Å². The van der Waals surface area contributed by atoms with E-state index in [-0.39, 0.29) is 18.2 Å². The molecule has 0 N–H and O–H groups in total.